The van der Waals surface area contributed by atoms with Gasteiger partial charge in [0.15, 0.2) is 0 Å². The zero-order valence-corrected chi connectivity index (χ0v) is 14.6. The standard InChI is InChI=1S/C15H25IN2O2/c1-11(2)10-14(15(19)20)18(3)9-8-12-4-6-13(17-16)7-5-12/h4,6-7,11-12,14,17H,5,8-10H2,1-3H3,(H,19,20)/t12?,14-/m0/s1. The number of likely N-dealkylation sites (N-methyl/N-ethyl adjacent to an activating group) is 1. The van der Waals surface area contributed by atoms with Crippen LogP contribution in [0.5, 0.6) is 0 Å². The molecule has 0 aromatic carbocycles. The third-order valence-corrected chi connectivity index (χ3v) is 4.28. The molecule has 0 saturated carbocycles. The first-order valence-corrected chi connectivity index (χ1v) is 8.20. The number of hydrogen-bond acceptors (Lipinski definition) is 3. The SMILES string of the molecule is CC(C)C[C@@H](C(=O)O)N(C)CCC1C=CC(NI)=CC1. The minimum Gasteiger partial charge on any atom is -0.480 e. The first kappa shape index (κ1) is 17.5. The van der Waals surface area contributed by atoms with E-state index in [1.54, 1.807) is 0 Å². The molecular formula is C15H25IN2O2. The largest absolute Gasteiger partial charge is 0.480 e. The predicted octanol–water partition coefficient (Wildman–Crippen LogP) is 3.21. The van der Waals surface area contributed by atoms with E-state index in [2.05, 4.69) is 58.5 Å². The third kappa shape index (κ3) is 5.83. The number of carbonyl (C=O) groups is 1. The van der Waals surface area contributed by atoms with Crippen LogP contribution in [0.15, 0.2) is 23.9 Å². The Morgan fingerprint density at radius 2 is 2.30 bits per heavy atom. The summed E-state index contributed by atoms with van der Waals surface area (Å²) in [5.41, 5.74) is 1.15. The molecule has 0 aliphatic heterocycles. The van der Waals surface area contributed by atoms with E-state index in [0.717, 1.165) is 25.1 Å². The van der Waals surface area contributed by atoms with Crippen molar-refractivity contribution in [3.8, 4) is 0 Å². The number of carboxylic acid groups (broad SMARTS) is 1. The second-order valence-electron chi connectivity index (χ2n) is 5.86. The Morgan fingerprint density at radius 1 is 1.60 bits per heavy atom. The Morgan fingerprint density at radius 3 is 2.75 bits per heavy atom. The summed E-state index contributed by atoms with van der Waals surface area (Å²) in [6.45, 7) is 4.95. The zero-order chi connectivity index (χ0) is 15.1. The quantitative estimate of drug-likeness (QED) is 0.492. The van der Waals surface area contributed by atoms with Gasteiger partial charge in [-0.25, -0.2) is 0 Å². The number of rotatable bonds is 8. The fourth-order valence-corrected chi connectivity index (χ4v) is 2.79. The molecule has 0 aromatic heterocycles. The Bertz CT molecular complexity index is 380. The highest BCUT2D eigenvalue weighted by atomic mass is 127. The van der Waals surface area contributed by atoms with Gasteiger partial charge in [0, 0.05) is 5.70 Å². The molecule has 2 atom stereocenters. The highest BCUT2D eigenvalue weighted by molar-refractivity contribution is 14.1. The average Bonchev–Trinajstić information content (AvgIpc) is 2.42. The van der Waals surface area contributed by atoms with Gasteiger partial charge < -0.3 is 8.64 Å². The van der Waals surface area contributed by atoms with Crippen molar-refractivity contribution < 1.29 is 9.90 Å². The lowest BCUT2D eigenvalue weighted by Gasteiger charge is -2.27. The number of carboxylic acids is 1. The fourth-order valence-electron chi connectivity index (χ4n) is 2.39. The maximum absolute atomic E-state index is 11.3. The Balaban J connectivity index is 2.42. The van der Waals surface area contributed by atoms with Gasteiger partial charge in [-0.15, -0.1) is 0 Å². The van der Waals surface area contributed by atoms with E-state index in [4.69, 9.17) is 0 Å². The molecule has 0 spiro atoms. The van der Waals surface area contributed by atoms with Gasteiger partial charge >= 0.3 is 5.97 Å². The van der Waals surface area contributed by atoms with Crippen molar-refractivity contribution in [3.63, 3.8) is 0 Å². The van der Waals surface area contributed by atoms with Crippen LogP contribution in [-0.2, 0) is 4.79 Å². The van der Waals surface area contributed by atoms with Crippen molar-refractivity contribution in [1.82, 2.24) is 8.43 Å². The Hall–Kier alpha value is -0.560. The molecule has 0 amide bonds. The molecule has 1 rings (SSSR count). The van der Waals surface area contributed by atoms with E-state index in [1.165, 1.54) is 0 Å². The highest BCUT2D eigenvalue weighted by Gasteiger charge is 2.23. The van der Waals surface area contributed by atoms with Crippen LogP contribution < -0.4 is 3.53 Å². The minimum atomic E-state index is -0.711. The molecule has 0 aromatic rings. The molecule has 0 saturated heterocycles. The average molecular weight is 392 g/mol. The lowest BCUT2D eigenvalue weighted by Crippen LogP contribution is -2.40. The topological polar surface area (TPSA) is 52.6 Å². The second kappa shape index (κ2) is 8.67. The van der Waals surface area contributed by atoms with Gasteiger partial charge in [0.1, 0.15) is 6.04 Å². The molecule has 0 radical (unpaired) electrons. The fraction of sp³-hybridized carbons (Fsp3) is 0.667. The second-order valence-corrected chi connectivity index (χ2v) is 6.40. The summed E-state index contributed by atoms with van der Waals surface area (Å²) < 4.78 is 3.10. The van der Waals surface area contributed by atoms with E-state index in [0.29, 0.717) is 18.3 Å². The molecular weight excluding hydrogens is 367 g/mol. The third-order valence-electron chi connectivity index (χ3n) is 3.66. The summed E-state index contributed by atoms with van der Waals surface area (Å²) in [5.74, 6) is 0.199. The van der Waals surface area contributed by atoms with Gasteiger partial charge in [-0.05, 0) is 50.8 Å². The van der Waals surface area contributed by atoms with Crippen LogP contribution in [-0.4, -0.2) is 35.6 Å². The molecule has 5 heteroatoms. The highest BCUT2D eigenvalue weighted by Crippen LogP contribution is 2.20. The first-order chi connectivity index (χ1) is 9.43. The summed E-state index contributed by atoms with van der Waals surface area (Å²) in [5, 5.41) is 9.32. The smallest absolute Gasteiger partial charge is 0.320 e. The van der Waals surface area contributed by atoms with Crippen LogP contribution in [0, 0.1) is 11.8 Å². The van der Waals surface area contributed by atoms with E-state index >= 15 is 0 Å². The van der Waals surface area contributed by atoms with Crippen LogP contribution in [0.2, 0.25) is 0 Å². The van der Waals surface area contributed by atoms with Gasteiger partial charge in [-0.1, -0.05) is 26.0 Å². The number of nitrogens with zero attached hydrogens (tertiary/aromatic N) is 1. The normalized spacial score (nSPS) is 20.1. The summed E-state index contributed by atoms with van der Waals surface area (Å²) in [7, 11) is 1.92. The summed E-state index contributed by atoms with van der Waals surface area (Å²) >= 11 is 2.13. The van der Waals surface area contributed by atoms with Gasteiger partial charge in [0.25, 0.3) is 0 Å². The Kier molecular flexibility index (Phi) is 7.58. The zero-order valence-electron chi connectivity index (χ0n) is 12.5. The van der Waals surface area contributed by atoms with Crippen LogP contribution in [0.25, 0.3) is 0 Å². The summed E-state index contributed by atoms with van der Waals surface area (Å²) in [6, 6.07) is -0.371. The lowest BCUT2D eigenvalue weighted by atomic mass is 9.95. The van der Waals surface area contributed by atoms with Crippen molar-refractivity contribution >= 4 is 28.8 Å². The number of allylic oxidation sites excluding steroid dienone is 3. The van der Waals surface area contributed by atoms with Crippen LogP contribution in [0.3, 0.4) is 0 Å². The van der Waals surface area contributed by atoms with Crippen molar-refractivity contribution in [2.45, 2.75) is 39.2 Å². The molecule has 4 nitrogen and oxygen atoms in total. The van der Waals surface area contributed by atoms with Crippen molar-refractivity contribution in [3.05, 3.63) is 23.9 Å². The minimum absolute atomic E-state index is 0.371. The van der Waals surface area contributed by atoms with Crippen molar-refractivity contribution in [1.29, 1.82) is 0 Å². The predicted molar refractivity (Wildman–Crippen MR) is 90.6 cm³/mol. The van der Waals surface area contributed by atoms with Gasteiger partial charge in [-0.3, -0.25) is 9.69 Å². The Labute approximate surface area is 135 Å². The van der Waals surface area contributed by atoms with Crippen molar-refractivity contribution in [2.24, 2.45) is 11.8 Å². The first-order valence-electron chi connectivity index (χ1n) is 7.12. The molecule has 2 N–H and O–H groups in total. The van der Waals surface area contributed by atoms with Crippen LogP contribution in [0.1, 0.15) is 33.1 Å². The maximum atomic E-state index is 11.3. The van der Waals surface area contributed by atoms with E-state index in [-0.39, 0.29) is 6.04 Å². The van der Waals surface area contributed by atoms with Gasteiger partial charge in [0.2, 0.25) is 0 Å². The van der Waals surface area contributed by atoms with E-state index in [9.17, 15) is 9.90 Å². The number of nitrogens with one attached hydrogen (secondary N) is 1. The molecule has 114 valence electrons. The number of halogens is 1. The van der Waals surface area contributed by atoms with Crippen molar-refractivity contribution in [2.75, 3.05) is 13.6 Å². The molecule has 0 heterocycles. The molecule has 0 fully saturated rings. The van der Waals surface area contributed by atoms with E-state index < -0.39 is 5.97 Å². The summed E-state index contributed by atoms with van der Waals surface area (Å²) in [6.07, 6.45) is 9.24. The van der Waals surface area contributed by atoms with Gasteiger partial charge in [0.05, 0.1) is 22.9 Å². The molecule has 20 heavy (non-hydrogen) atoms. The lowest BCUT2D eigenvalue weighted by molar-refractivity contribution is -0.143. The summed E-state index contributed by atoms with van der Waals surface area (Å²) in [4.78, 5) is 13.3. The van der Waals surface area contributed by atoms with Gasteiger partial charge in [-0.2, -0.15) is 0 Å². The molecule has 1 aliphatic carbocycles. The molecule has 1 unspecified atom stereocenters. The van der Waals surface area contributed by atoms with Crippen LogP contribution in [0.4, 0.5) is 0 Å². The van der Waals surface area contributed by atoms with E-state index in [1.807, 2.05) is 11.9 Å². The monoisotopic (exact) mass is 392 g/mol. The maximum Gasteiger partial charge on any atom is 0.320 e. The number of aliphatic carboxylic acids is 1. The molecule has 1 aliphatic rings. The number of hydrogen-bond donors (Lipinski definition) is 2. The van der Waals surface area contributed by atoms with Crippen LogP contribution >= 0.6 is 22.9 Å². The molecule has 0 bridgehead atoms.